The second-order valence-corrected chi connectivity index (χ2v) is 3.90. The van der Waals surface area contributed by atoms with Gasteiger partial charge < -0.3 is 4.74 Å². The van der Waals surface area contributed by atoms with Gasteiger partial charge in [-0.2, -0.15) is 0 Å². The molecule has 0 heterocycles. The predicted octanol–water partition coefficient (Wildman–Crippen LogP) is 2.83. The molecule has 0 atom stereocenters. The Kier molecular flexibility index (Phi) is 3.12. The van der Waals surface area contributed by atoms with Crippen LogP contribution in [0.2, 0.25) is 0 Å². The van der Waals surface area contributed by atoms with E-state index in [0.29, 0.717) is 5.69 Å². The van der Waals surface area contributed by atoms with Crippen LogP contribution in [-0.4, -0.2) is 11.7 Å². The highest BCUT2D eigenvalue weighted by Crippen LogP contribution is 2.10. The third-order valence-electron chi connectivity index (χ3n) is 1.34. The molecule has 0 aliphatic rings. The van der Waals surface area contributed by atoms with Crippen LogP contribution in [0.25, 0.3) is 0 Å². The van der Waals surface area contributed by atoms with Crippen molar-refractivity contribution in [2.45, 2.75) is 26.4 Å². The first-order valence-corrected chi connectivity index (χ1v) is 4.44. The number of para-hydroxylation sites is 1. The second-order valence-electron chi connectivity index (χ2n) is 3.90. The molecule has 1 aromatic carbocycles. The molecule has 3 nitrogen and oxygen atoms in total. The largest absolute Gasteiger partial charge is 0.444 e. The number of rotatable bonds is 1. The van der Waals surface area contributed by atoms with Crippen molar-refractivity contribution in [3.05, 3.63) is 30.3 Å². The summed E-state index contributed by atoms with van der Waals surface area (Å²) in [5.74, 6) is 0. The Balaban J connectivity index is 2.50. The Bertz CT molecular complexity index is 301. The summed E-state index contributed by atoms with van der Waals surface area (Å²) in [6.45, 7) is 5.46. The minimum absolute atomic E-state index is 0.458. The lowest BCUT2D eigenvalue weighted by Gasteiger charge is -2.19. The number of hydrogen-bond donors (Lipinski definition) is 1. The van der Waals surface area contributed by atoms with Gasteiger partial charge in [0.15, 0.2) is 0 Å². The fourth-order valence-electron chi connectivity index (χ4n) is 0.885. The van der Waals surface area contributed by atoms with Crippen molar-refractivity contribution >= 4 is 11.8 Å². The first-order chi connectivity index (χ1) is 6.47. The molecule has 0 bridgehead atoms. The molecule has 0 aliphatic heterocycles. The molecule has 3 heteroatoms. The predicted molar refractivity (Wildman–Crippen MR) is 55.1 cm³/mol. The van der Waals surface area contributed by atoms with Crippen molar-refractivity contribution in [3.8, 4) is 0 Å². The van der Waals surface area contributed by atoms with Gasteiger partial charge in [-0.1, -0.05) is 18.2 Å². The molecule has 1 aromatic rings. The summed E-state index contributed by atoms with van der Waals surface area (Å²) in [6.07, 6.45) is -0.458. The van der Waals surface area contributed by atoms with Crippen LogP contribution in [0.4, 0.5) is 10.5 Å². The summed E-state index contributed by atoms with van der Waals surface area (Å²) in [6, 6.07) is 10.0. The van der Waals surface area contributed by atoms with Gasteiger partial charge in [0.1, 0.15) is 5.60 Å². The van der Waals surface area contributed by atoms with Crippen LogP contribution in [0, 0.1) is 6.07 Å². The van der Waals surface area contributed by atoms with Crippen molar-refractivity contribution in [2.24, 2.45) is 0 Å². The zero-order valence-electron chi connectivity index (χ0n) is 8.63. The second kappa shape index (κ2) is 4.13. The fourth-order valence-corrected chi connectivity index (χ4v) is 0.885. The Hall–Kier alpha value is -1.51. The van der Waals surface area contributed by atoms with Crippen molar-refractivity contribution in [1.82, 2.24) is 0 Å². The monoisotopic (exact) mass is 192 g/mol. The van der Waals surface area contributed by atoms with Crippen LogP contribution in [0.3, 0.4) is 0 Å². The smallest absolute Gasteiger partial charge is 0.412 e. The van der Waals surface area contributed by atoms with Gasteiger partial charge in [0.25, 0.3) is 0 Å². The van der Waals surface area contributed by atoms with Gasteiger partial charge in [-0.05, 0) is 26.8 Å². The van der Waals surface area contributed by atoms with Gasteiger partial charge in [-0.25, -0.2) is 4.79 Å². The third-order valence-corrected chi connectivity index (χ3v) is 1.34. The van der Waals surface area contributed by atoms with Gasteiger partial charge in [0, 0.05) is 6.07 Å². The van der Waals surface area contributed by atoms with Crippen LogP contribution in [0.1, 0.15) is 20.8 Å². The molecule has 1 rings (SSSR count). The number of carbonyl (C=O) groups excluding carboxylic acids is 1. The van der Waals surface area contributed by atoms with Crippen LogP contribution >= 0.6 is 0 Å². The Morgan fingerprint density at radius 2 is 2.14 bits per heavy atom. The SMILES string of the molecule is CC(C)(C)OC(=O)Nc1[c]cccc1. The van der Waals surface area contributed by atoms with Crippen LogP contribution in [-0.2, 0) is 4.74 Å². The van der Waals surface area contributed by atoms with E-state index < -0.39 is 11.7 Å². The van der Waals surface area contributed by atoms with E-state index in [2.05, 4.69) is 11.4 Å². The quantitative estimate of drug-likeness (QED) is 0.743. The molecule has 0 saturated carbocycles. The van der Waals surface area contributed by atoms with Crippen molar-refractivity contribution < 1.29 is 9.53 Å². The van der Waals surface area contributed by atoms with E-state index in [1.54, 1.807) is 12.1 Å². The summed E-state index contributed by atoms with van der Waals surface area (Å²) < 4.78 is 5.07. The Morgan fingerprint density at radius 3 is 2.64 bits per heavy atom. The van der Waals surface area contributed by atoms with Gasteiger partial charge in [0.2, 0.25) is 0 Å². The van der Waals surface area contributed by atoms with E-state index in [9.17, 15) is 4.79 Å². The van der Waals surface area contributed by atoms with Gasteiger partial charge in [-0.15, -0.1) is 0 Å². The zero-order chi connectivity index (χ0) is 10.6. The fraction of sp³-hybridized carbons (Fsp3) is 0.364. The van der Waals surface area contributed by atoms with E-state index in [4.69, 9.17) is 4.74 Å². The third kappa shape index (κ3) is 3.94. The lowest BCUT2D eigenvalue weighted by atomic mass is 10.2. The minimum atomic E-state index is -0.473. The molecule has 0 unspecified atom stereocenters. The number of carbonyl (C=O) groups is 1. The lowest BCUT2D eigenvalue weighted by molar-refractivity contribution is 0.0636. The van der Waals surface area contributed by atoms with E-state index in [-0.39, 0.29) is 0 Å². The number of amides is 1. The molecular weight excluding hydrogens is 178 g/mol. The van der Waals surface area contributed by atoms with Crippen LogP contribution in [0.15, 0.2) is 24.3 Å². The summed E-state index contributed by atoms with van der Waals surface area (Å²) in [4.78, 5) is 11.3. The molecule has 14 heavy (non-hydrogen) atoms. The molecule has 1 N–H and O–H groups in total. The average Bonchev–Trinajstić information content (AvgIpc) is 2.02. The lowest BCUT2D eigenvalue weighted by Crippen LogP contribution is -2.27. The number of nitrogens with one attached hydrogen (secondary N) is 1. The highest BCUT2D eigenvalue weighted by atomic mass is 16.6. The first kappa shape index (κ1) is 10.6. The maximum atomic E-state index is 11.3. The van der Waals surface area contributed by atoms with Crippen LogP contribution in [0.5, 0.6) is 0 Å². The topological polar surface area (TPSA) is 38.3 Å². The van der Waals surface area contributed by atoms with Gasteiger partial charge >= 0.3 is 6.09 Å². The summed E-state index contributed by atoms with van der Waals surface area (Å²) >= 11 is 0. The van der Waals surface area contributed by atoms with Gasteiger partial charge in [0.05, 0.1) is 5.69 Å². The van der Waals surface area contributed by atoms with E-state index >= 15 is 0 Å². The van der Waals surface area contributed by atoms with Crippen molar-refractivity contribution in [1.29, 1.82) is 0 Å². The average molecular weight is 192 g/mol. The molecule has 0 saturated heterocycles. The van der Waals surface area contributed by atoms with E-state index in [0.717, 1.165) is 0 Å². The molecular formula is C11H14NO2. The standard InChI is InChI=1S/C11H14NO2/c1-11(2,3)14-10(13)12-9-7-5-4-6-8-9/h4-7H,1-3H3,(H,12,13). The molecule has 75 valence electrons. The normalized spacial score (nSPS) is 10.8. The van der Waals surface area contributed by atoms with Crippen LogP contribution < -0.4 is 5.32 Å². The zero-order valence-corrected chi connectivity index (χ0v) is 8.63. The summed E-state index contributed by atoms with van der Waals surface area (Å²) in [7, 11) is 0. The van der Waals surface area contributed by atoms with E-state index in [1.807, 2.05) is 32.9 Å². The minimum Gasteiger partial charge on any atom is -0.444 e. The number of anilines is 1. The van der Waals surface area contributed by atoms with Crippen molar-refractivity contribution in [3.63, 3.8) is 0 Å². The number of ether oxygens (including phenoxy) is 1. The van der Waals surface area contributed by atoms with E-state index in [1.165, 1.54) is 0 Å². The maximum Gasteiger partial charge on any atom is 0.412 e. The van der Waals surface area contributed by atoms with Gasteiger partial charge in [-0.3, -0.25) is 5.32 Å². The summed E-state index contributed by atoms with van der Waals surface area (Å²) in [5, 5.41) is 2.58. The highest BCUT2D eigenvalue weighted by molar-refractivity contribution is 5.84. The Morgan fingerprint density at radius 1 is 1.43 bits per heavy atom. The number of benzene rings is 1. The molecule has 0 spiro atoms. The molecule has 0 aliphatic carbocycles. The molecule has 1 amide bonds. The highest BCUT2D eigenvalue weighted by Gasteiger charge is 2.15. The molecule has 1 radical (unpaired) electrons. The maximum absolute atomic E-state index is 11.3. The molecule has 0 aromatic heterocycles. The molecule has 0 fully saturated rings. The number of hydrogen-bond acceptors (Lipinski definition) is 2. The summed E-state index contributed by atoms with van der Waals surface area (Å²) in [5.41, 5.74) is 0.139. The van der Waals surface area contributed by atoms with Crippen molar-refractivity contribution in [2.75, 3.05) is 5.32 Å². The first-order valence-electron chi connectivity index (χ1n) is 4.44. The Labute approximate surface area is 84.1 Å².